The van der Waals surface area contributed by atoms with Crippen LogP contribution in [0.25, 0.3) is 11.6 Å². The fraction of sp³-hybridized carbons (Fsp3) is 0.0769. The SMILES string of the molecule is COc1cc(/C=C(/C#N)c2cccc(Cl)c2)ccc1OC(=O)CN1C(=O)c2ccccc2C1=O. The topological polar surface area (TPSA) is 96.7 Å². The van der Waals surface area contributed by atoms with Gasteiger partial charge in [0, 0.05) is 5.02 Å². The molecule has 8 heteroatoms. The average Bonchev–Trinajstić information content (AvgIpc) is 3.08. The Balaban J connectivity index is 1.51. The number of nitrogens with zero attached hydrogens (tertiary/aromatic N) is 2. The Bertz CT molecular complexity index is 1350. The number of carbonyl (C=O) groups excluding carboxylic acids is 3. The van der Waals surface area contributed by atoms with Crippen LogP contribution in [0.5, 0.6) is 11.5 Å². The summed E-state index contributed by atoms with van der Waals surface area (Å²) in [4.78, 5) is 38.3. The summed E-state index contributed by atoms with van der Waals surface area (Å²) in [7, 11) is 1.41. The first kappa shape index (κ1) is 22.8. The van der Waals surface area contributed by atoms with Gasteiger partial charge in [-0.15, -0.1) is 0 Å². The minimum Gasteiger partial charge on any atom is -0.493 e. The number of hydrogen-bond acceptors (Lipinski definition) is 6. The average molecular weight is 473 g/mol. The van der Waals surface area contributed by atoms with Gasteiger partial charge in [-0.2, -0.15) is 5.26 Å². The highest BCUT2D eigenvalue weighted by molar-refractivity contribution is 6.30. The number of carbonyl (C=O) groups is 3. The van der Waals surface area contributed by atoms with E-state index < -0.39 is 24.3 Å². The molecular formula is C26H17ClN2O5. The van der Waals surface area contributed by atoms with Crippen LogP contribution in [0.1, 0.15) is 31.8 Å². The van der Waals surface area contributed by atoms with E-state index in [0.29, 0.717) is 21.7 Å². The van der Waals surface area contributed by atoms with Crippen molar-refractivity contribution in [2.24, 2.45) is 0 Å². The largest absolute Gasteiger partial charge is 0.493 e. The van der Waals surface area contributed by atoms with Crippen molar-refractivity contribution < 1.29 is 23.9 Å². The molecule has 0 bridgehead atoms. The smallest absolute Gasteiger partial charge is 0.331 e. The lowest BCUT2D eigenvalue weighted by atomic mass is 10.0. The molecule has 0 unspecified atom stereocenters. The third-order valence-electron chi connectivity index (χ3n) is 5.14. The summed E-state index contributed by atoms with van der Waals surface area (Å²) < 4.78 is 10.7. The molecular weight excluding hydrogens is 456 g/mol. The van der Waals surface area contributed by atoms with Gasteiger partial charge in [-0.25, -0.2) is 4.79 Å². The molecule has 3 aromatic carbocycles. The normalized spacial score (nSPS) is 12.9. The molecule has 3 aromatic rings. The molecule has 168 valence electrons. The number of amides is 2. The van der Waals surface area contributed by atoms with Gasteiger partial charge in [0.05, 0.1) is 29.9 Å². The van der Waals surface area contributed by atoms with Crippen molar-refractivity contribution in [1.82, 2.24) is 4.90 Å². The zero-order valence-electron chi connectivity index (χ0n) is 17.9. The van der Waals surface area contributed by atoms with E-state index in [9.17, 15) is 19.6 Å². The molecule has 1 aliphatic rings. The number of nitriles is 1. The van der Waals surface area contributed by atoms with Crippen LogP contribution in [0, 0.1) is 11.3 Å². The van der Waals surface area contributed by atoms with E-state index in [1.165, 1.54) is 25.3 Å². The van der Waals surface area contributed by atoms with Gasteiger partial charge in [-0.05, 0) is 53.6 Å². The highest BCUT2D eigenvalue weighted by atomic mass is 35.5. The molecule has 2 amide bonds. The van der Waals surface area contributed by atoms with E-state index in [1.807, 2.05) is 0 Å². The van der Waals surface area contributed by atoms with Crippen molar-refractivity contribution >= 4 is 41.0 Å². The van der Waals surface area contributed by atoms with Crippen LogP contribution in [0.15, 0.2) is 66.7 Å². The molecule has 0 saturated heterocycles. The molecule has 0 N–H and O–H groups in total. The van der Waals surface area contributed by atoms with Gasteiger partial charge in [-0.3, -0.25) is 14.5 Å². The van der Waals surface area contributed by atoms with E-state index in [-0.39, 0.29) is 22.6 Å². The Morgan fingerprint density at radius 2 is 1.71 bits per heavy atom. The molecule has 0 spiro atoms. The Morgan fingerprint density at radius 1 is 1.00 bits per heavy atom. The molecule has 0 radical (unpaired) electrons. The summed E-state index contributed by atoms with van der Waals surface area (Å²) in [5.41, 5.74) is 2.18. The van der Waals surface area contributed by atoms with E-state index in [0.717, 1.165) is 4.90 Å². The molecule has 4 rings (SSSR count). The van der Waals surface area contributed by atoms with E-state index in [2.05, 4.69) is 6.07 Å². The summed E-state index contributed by atoms with van der Waals surface area (Å²) in [6.45, 7) is -0.537. The quantitative estimate of drug-likeness (QED) is 0.171. The number of benzene rings is 3. The van der Waals surface area contributed by atoms with Gasteiger partial charge >= 0.3 is 5.97 Å². The summed E-state index contributed by atoms with van der Waals surface area (Å²) in [6, 6.07) is 20.2. The van der Waals surface area contributed by atoms with Crippen LogP contribution < -0.4 is 9.47 Å². The lowest BCUT2D eigenvalue weighted by molar-refractivity contribution is -0.134. The standard InChI is InChI=1S/C26H17ClN2O5/c1-33-23-12-16(11-18(14-28)17-5-4-6-19(27)13-17)9-10-22(23)34-24(30)15-29-25(31)20-7-2-3-8-21(20)26(29)32/h2-13H,15H2,1H3/b18-11-. The highest BCUT2D eigenvalue weighted by Crippen LogP contribution is 2.31. The Labute approximate surface area is 200 Å². The second kappa shape index (κ2) is 9.61. The maximum atomic E-state index is 12.5. The van der Waals surface area contributed by atoms with Crippen LogP contribution in [0.2, 0.25) is 5.02 Å². The van der Waals surface area contributed by atoms with E-state index >= 15 is 0 Å². The minimum absolute atomic E-state index is 0.113. The predicted octanol–water partition coefficient (Wildman–Crippen LogP) is 4.61. The second-order valence-electron chi connectivity index (χ2n) is 7.31. The van der Waals surface area contributed by atoms with Gasteiger partial charge in [0.15, 0.2) is 11.5 Å². The van der Waals surface area contributed by atoms with Gasteiger partial charge in [0.25, 0.3) is 11.8 Å². The van der Waals surface area contributed by atoms with Crippen molar-refractivity contribution in [3.05, 3.63) is 94.0 Å². The third-order valence-corrected chi connectivity index (χ3v) is 5.38. The summed E-state index contributed by atoms with van der Waals surface area (Å²) in [6.07, 6.45) is 1.65. The molecule has 1 aliphatic heterocycles. The zero-order valence-corrected chi connectivity index (χ0v) is 18.7. The lowest BCUT2D eigenvalue weighted by Gasteiger charge is -2.14. The molecule has 0 aliphatic carbocycles. The fourth-order valence-corrected chi connectivity index (χ4v) is 3.72. The number of hydrogen-bond donors (Lipinski definition) is 0. The first-order valence-electron chi connectivity index (χ1n) is 10.1. The minimum atomic E-state index is -0.798. The first-order valence-corrected chi connectivity index (χ1v) is 10.5. The van der Waals surface area contributed by atoms with E-state index in [1.54, 1.807) is 54.6 Å². The van der Waals surface area contributed by atoms with Crippen LogP contribution in [-0.4, -0.2) is 36.3 Å². The Hall–Kier alpha value is -4.41. The molecule has 0 aromatic heterocycles. The first-order chi connectivity index (χ1) is 16.4. The van der Waals surface area contributed by atoms with Crippen LogP contribution >= 0.6 is 11.6 Å². The maximum Gasteiger partial charge on any atom is 0.331 e. The second-order valence-corrected chi connectivity index (χ2v) is 7.74. The number of halogens is 1. The van der Waals surface area contributed by atoms with Gasteiger partial charge in [-0.1, -0.05) is 41.9 Å². The number of esters is 1. The summed E-state index contributed by atoms with van der Waals surface area (Å²) in [5, 5.41) is 10.1. The fourth-order valence-electron chi connectivity index (χ4n) is 3.53. The van der Waals surface area contributed by atoms with Crippen molar-refractivity contribution in [2.45, 2.75) is 0 Å². The monoisotopic (exact) mass is 472 g/mol. The van der Waals surface area contributed by atoms with E-state index in [4.69, 9.17) is 21.1 Å². The van der Waals surface area contributed by atoms with Crippen molar-refractivity contribution in [3.8, 4) is 17.6 Å². The molecule has 0 atom stereocenters. The number of rotatable bonds is 6. The highest BCUT2D eigenvalue weighted by Gasteiger charge is 2.36. The summed E-state index contributed by atoms with van der Waals surface area (Å²) in [5.74, 6) is -1.53. The molecule has 7 nitrogen and oxygen atoms in total. The van der Waals surface area contributed by atoms with Gasteiger partial charge in [0.2, 0.25) is 0 Å². The van der Waals surface area contributed by atoms with Crippen molar-refractivity contribution in [1.29, 1.82) is 5.26 Å². The number of imide groups is 1. The molecule has 0 fully saturated rings. The van der Waals surface area contributed by atoms with Crippen molar-refractivity contribution in [3.63, 3.8) is 0 Å². The number of ether oxygens (including phenoxy) is 2. The Morgan fingerprint density at radius 3 is 2.32 bits per heavy atom. The van der Waals surface area contributed by atoms with Crippen LogP contribution in [0.3, 0.4) is 0 Å². The van der Waals surface area contributed by atoms with Gasteiger partial charge < -0.3 is 9.47 Å². The van der Waals surface area contributed by atoms with Crippen molar-refractivity contribution in [2.75, 3.05) is 13.7 Å². The molecule has 0 saturated carbocycles. The summed E-state index contributed by atoms with van der Waals surface area (Å²) >= 11 is 6.02. The Kier molecular flexibility index (Phi) is 6.44. The number of allylic oxidation sites excluding steroid dienone is 1. The zero-order chi connectivity index (χ0) is 24.2. The lowest BCUT2D eigenvalue weighted by Crippen LogP contribution is -2.36. The van der Waals surface area contributed by atoms with Gasteiger partial charge in [0.1, 0.15) is 6.54 Å². The third kappa shape index (κ3) is 4.53. The predicted molar refractivity (Wildman–Crippen MR) is 125 cm³/mol. The molecule has 1 heterocycles. The van der Waals surface area contributed by atoms with Crippen LogP contribution in [-0.2, 0) is 4.79 Å². The maximum absolute atomic E-state index is 12.5. The van der Waals surface area contributed by atoms with Crippen LogP contribution in [0.4, 0.5) is 0 Å². The number of methoxy groups -OCH3 is 1. The number of fused-ring (bicyclic) bond motifs is 1. The molecule has 34 heavy (non-hydrogen) atoms.